The molecule has 1 aromatic carbocycles. The van der Waals surface area contributed by atoms with Crippen LogP contribution in [-0.2, 0) is 11.3 Å². The predicted octanol–water partition coefficient (Wildman–Crippen LogP) is 1.73. The van der Waals surface area contributed by atoms with Gasteiger partial charge in [0.15, 0.2) is 0 Å². The van der Waals surface area contributed by atoms with Crippen molar-refractivity contribution in [2.24, 2.45) is 11.1 Å². The summed E-state index contributed by atoms with van der Waals surface area (Å²) in [5.41, 5.74) is 6.98. The van der Waals surface area contributed by atoms with Gasteiger partial charge in [0.25, 0.3) is 5.56 Å². The molecule has 1 atom stereocenters. The van der Waals surface area contributed by atoms with Gasteiger partial charge in [0.2, 0.25) is 11.5 Å². The van der Waals surface area contributed by atoms with Crippen molar-refractivity contribution in [3.63, 3.8) is 0 Å². The maximum atomic E-state index is 12.7. The average molecular weight is 354 g/mol. The molecule has 3 heterocycles. The number of para-hydroxylation sites is 1. The van der Waals surface area contributed by atoms with Gasteiger partial charge in [-0.2, -0.15) is 0 Å². The van der Waals surface area contributed by atoms with E-state index in [1.165, 1.54) is 10.9 Å². The highest BCUT2D eigenvalue weighted by Crippen LogP contribution is 2.28. The van der Waals surface area contributed by atoms with Crippen LogP contribution in [0, 0.1) is 5.41 Å². The average Bonchev–Trinajstić information content (AvgIpc) is 2.99. The molecule has 136 valence electrons. The Hall–Kier alpha value is -2.67. The molecule has 7 heteroatoms. The van der Waals surface area contributed by atoms with Crippen LogP contribution in [0.3, 0.4) is 0 Å². The number of furan rings is 1. The largest absolute Gasteiger partial charge is 0.448 e. The van der Waals surface area contributed by atoms with Crippen molar-refractivity contribution in [1.29, 1.82) is 0 Å². The number of aromatic nitrogens is 2. The van der Waals surface area contributed by atoms with Gasteiger partial charge in [-0.3, -0.25) is 14.2 Å². The van der Waals surface area contributed by atoms with E-state index < -0.39 is 0 Å². The molecule has 1 amide bonds. The Balaban J connectivity index is 1.63. The molecule has 0 saturated carbocycles. The van der Waals surface area contributed by atoms with Gasteiger partial charge in [0.05, 0.1) is 6.33 Å². The smallest absolute Gasteiger partial charge is 0.297 e. The second-order valence-electron chi connectivity index (χ2n) is 7.65. The number of benzene rings is 1. The second-order valence-corrected chi connectivity index (χ2v) is 7.65. The SMILES string of the molecule is CC1(C)CN(C(=O)Cn2cnc3c(oc4ccccc43)c2=O)CCC1N. The van der Waals surface area contributed by atoms with Crippen LogP contribution < -0.4 is 11.3 Å². The molecule has 1 fully saturated rings. The first-order valence-electron chi connectivity index (χ1n) is 8.77. The van der Waals surface area contributed by atoms with Crippen molar-refractivity contribution in [2.45, 2.75) is 32.9 Å². The number of likely N-dealkylation sites (tertiary alicyclic amines) is 1. The third-order valence-electron chi connectivity index (χ3n) is 5.32. The summed E-state index contributed by atoms with van der Waals surface area (Å²) in [6, 6.07) is 7.45. The van der Waals surface area contributed by atoms with Crippen molar-refractivity contribution >= 4 is 28.0 Å². The quantitative estimate of drug-likeness (QED) is 0.756. The number of hydrogen-bond acceptors (Lipinski definition) is 5. The van der Waals surface area contributed by atoms with E-state index in [1.54, 1.807) is 11.0 Å². The van der Waals surface area contributed by atoms with Crippen LogP contribution in [0.25, 0.3) is 22.1 Å². The Kier molecular flexibility index (Phi) is 3.84. The van der Waals surface area contributed by atoms with Crippen LogP contribution in [0.1, 0.15) is 20.3 Å². The van der Waals surface area contributed by atoms with E-state index in [1.807, 2.05) is 18.2 Å². The van der Waals surface area contributed by atoms with Gasteiger partial charge in [-0.05, 0) is 24.0 Å². The van der Waals surface area contributed by atoms with Crippen LogP contribution in [0.15, 0.2) is 39.8 Å². The third-order valence-corrected chi connectivity index (χ3v) is 5.32. The molecular weight excluding hydrogens is 332 g/mol. The summed E-state index contributed by atoms with van der Waals surface area (Å²) < 4.78 is 6.97. The summed E-state index contributed by atoms with van der Waals surface area (Å²) in [4.78, 5) is 31.5. The summed E-state index contributed by atoms with van der Waals surface area (Å²) in [5, 5.41) is 0.796. The van der Waals surface area contributed by atoms with Crippen LogP contribution in [-0.4, -0.2) is 39.5 Å². The fourth-order valence-electron chi connectivity index (χ4n) is 3.56. The summed E-state index contributed by atoms with van der Waals surface area (Å²) in [6.07, 6.45) is 2.18. The molecule has 0 radical (unpaired) electrons. The highest BCUT2D eigenvalue weighted by Gasteiger charge is 2.35. The maximum absolute atomic E-state index is 12.7. The predicted molar refractivity (Wildman–Crippen MR) is 98.7 cm³/mol. The van der Waals surface area contributed by atoms with E-state index in [4.69, 9.17) is 10.2 Å². The number of carbonyl (C=O) groups excluding carboxylic acids is 1. The monoisotopic (exact) mass is 354 g/mol. The molecular formula is C19H22N4O3. The zero-order chi connectivity index (χ0) is 18.5. The van der Waals surface area contributed by atoms with E-state index in [9.17, 15) is 9.59 Å². The Bertz CT molecular complexity index is 1050. The number of nitrogens with zero attached hydrogens (tertiary/aromatic N) is 3. The number of rotatable bonds is 2. The number of piperidine rings is 1. The number of amides is 1. The fourth-order valence-corrected chi connectivity index (χ4v) is 3.56. The van der Waals surface area contributed by atoms with Crippen molar-refractivity contribution in [2.75, 3.05) is 13.1 Å². The molecule has 2 N–H and O–H groups in total. The molecule has 0 aliphatic carbocycles. The van der Waals surface area contributed by atoms with Gasteiger partial charge in [-0.15, -0.1) is 0 Å². The van der Waals surface area contributed by atoms with E-state index >= 15 is 0 Å². The molecule has 4 rings (SSSR count). The molecule has 1 unspecified atom stereocenters. The highest BCUT2D eigenvalue weighted by atomic mass is 16.3. The zero-order valence-corrected chi connectivity index (χ0v) is 14.9. The topological polar surface area (TPSA) is 94.4 Å². The van der Waals surface area contributed by atoms with Gasteiger partial charge in [-0.1, -0.05) is 26.0 Å². The second kappa shape index (κ2) is 5.95. The lowest BCUT2D eigenvalue weighted by molar-refractivity contribution is -0.135. The standard InChI is InChI=1S/C19H22N4O3/c1-19(2)10-22(8-7-14(19)20)15(24)9-23-11-21-16-12-5-3-4-6-13(12)26-17(16)18(23)25/h3-6,11,14H,7-10,20H2,1-2H3. The minimum atomic E-state index is -0.340. The molecule has 1 saturated heterocycles. The molecule has 2 aromatic heterocycles. The van der Waals surface area contributed by atoms with Crippen LogP contribution in [0.5, 0.6) is 0 Å². The summed E-state index contributed by atoms with van der Waals surface area (Å²) >= 11 is 0. The number of hydrogen-bond donors (Lipinski definition) is 1. The van der Waals surface area contributed by atoms with Gasteiger partial charge in [0.1, 0.15) is 17.6 Å². The maximum Gasteiger partial charge on any atom is 0.297 e. The molecule has 1 aliphatic rings. The van der Waals surface area contributed by atoms with Crippen molar-refractivity contribution in [3.05, 3.63) is 40.9 Å². The lowest BCUT2D eigenvalue weighted by atomic mass is 9.79. The third kappa shape index (κ3) is 2.68. The molecule has 0 spiro atoms. The Morgan fingerprint density at radius 3 is 2.92 bits per heavy atom. The number of nitrogens with two attached hydrogens (primary N) is 1. The van der Waals surface area contributed by atoms with Gasteiger partial charge < -0.3 is 15.1 Å². The Labute approximate surface area is 150 Å². The van der Waals surface area contributed by atoms with Crippen molar-refractivity contribution in [3.8, 4) is 0 Å². The molecule has 26 heavy (non-hydrogen) atoms. The lowest BCUT2D eigenvalue weighted by Gasteiger charge is -2.42. The van der Waals surface area contributed by atoms with E-state index in [2.05, 4.69) is 18.8 Å². The van der Waals surface area contributed by atoms with Crippen molar-refractivity contribution in [1.82, 2.24) is 14.5 Å². The first-order valence-corrected chi connectivity index (χ1v) is 8.77. The molecule has 3 aromatic rings. The first-order chi connectivity index (χ1) is 12.4. The fraction of sp³-hybridized carbons (Fsp3) is 0.421. The molecule has 0 bridgehead atoms. The van der Waals surface area contributed by atoms with Crippen molar-refractivity contribution < 1.29 is 9.21 Å². The normalized spacial score (nSPS) is 20.0. The highest BCUT2D eigenvalue weighted by molar-refractivity contribution is 6.01. The Morgan fingerprint density at radius 2 is 2.15 bits per heavy atom. The minimum absolute atomic E-state index is 0.0515. The minimum Gasteiger partial charge on any atom is -0.448 e. The van der Waals surface area contributed by atoms with Gasteiger partial charge in [0, 0.05) is 24.5 Å². The van der Waals surface area contributed by atoms with Crippen LogP contribution >= 0.6 is 0 Å². The number of fused-ring (bicyclic) bond motifs is 3. The Morgan fingerprint density at radius 1 is 1.38 bits per heavy atom. The number of carbonyl (C=O) groups is 1. The van der Waals surface area contributed by atoms with E-state index in [0.717, 1.165) is 11.8 Å². The summed E-state index contributed by atoms with van der Waals surface area (Å²) in [7, 11) is 0. The summed E-state index contributed by atoms with van der Waals surface area (Å²) in [5.74, 6) is -0.107. The van der Waals surface area contributed by atoms with Gasteiger partial charge in [-0.25, -0.2) is 4.98 Å². The zero-order valence-electron chi connectivity index (χ0n) is 14.9. The van der Waals surface area contributed by atoms with Gasteiger partial charge >= 0.3 is 0 Å². The summed E-state index contributed by atoms with van der Waals surface area (Å²) in [6.45, 7) is 5.27. The van der Waals surface area contributed by atoms with E-state index in [0.29, 0.717) is 24.2 Å². The molecule has 7 nitrogen and oxygen atoms in total. The van der Waals surface area contributed by atoms with E-state index in [-0.39, 0.29) is 35.1 Å². The van der Waals surface area contributed by atoms with Crippen LogP contribution in [0.2, 0.25) is 0 Å². The first kappa shape index (κ1) is 16.8. The molecule has 1 aliphatic heterocycles. The van der Waals surface area contributed by atoms with Crippen LogP contribution in [0.4, 0.5) is 0 Å². The lowest BCUT2D eigenvalue weighted by Crippen LogP contribution is -2.54.